The number of hydrogen-bond donors (Lipinski definition) is 1. The molecule has 1 N–H and O–H groups in total. The molecule has 0 aromatic heterocycles. The van der Waals surface area contributed by atoms with E-state index in [-0.39, 0.29) is 30.8 Å². The molecule has 0 spiro atoms. The highest BCUT2D eigenvalue weighted by atomic mass is 16.6. The van der Waals surface area contributed by atoms with Crippen LogP contribution in [-0.4, -0.2) is 37.7 Å². The zero-order valence-corrected chi connectivity index (χ0v) is 10.6. The maximum Gasteiger partial charge on any atom is 0.307 e. The smallest absolute Gasteiger partial charge is 0.307 e. The van der Waals surface area contributed by atoms with E-state index in [0.29, 0.717) is 0 Å². The highest BCUT2D eigenvalue weighted by Gasteiger charge is 2.21. The summed E-state index contributed by atoms with van der Waals surface area (Å²) in [6.07, 6.45) is 0.315. The van der Waals surface area contributed by atoms with Crippen molar-refractivity contribution in [2.75, 3.05) is 14.2 Å². The van der Waals surface area contributed by atoms with Gasteiger partial charge in [-0.1, -0.05) is 0 Å². The lowest BCUT2D eigenvalue weighted by Crippen LogP contribution is -2.34. The molecule has 0 bridgehead atoms. The first-order chi connectivity index (χ1) is 7.28. The van der Waals surface area contributed by atoms with E-state index in [4.69, 9.17) is 4.74 Å². The zero-order chi connectivity index (χ0) is 12.8. The van der Waals surface area contributed by atoms with Crippen molar-refractivity contribution >= 4 is 11.9 Å². The molecular formula is C11H21NO4. The Labute approximate surface area is 96.5 Å². The van der Waals surface area contributed by atoms with Crippen LogP contribution in [0.25, 0.3) is 0 Å². The molecule has 5 nitrogen and oxygen atoms in total. The Kier molecular flexibility index (Phi) is 6.03. The van der Waals surface area contributed by atoms with Gasteiger partial charge in [0.2, 0.25) is 0 Å². The van der Waals surface area contributed by atoms with Crippen LogP contribution in [0.2, 0.25) is 0 Å². The molecule has 16 heavy (non-hydrogen) atoms. The highest BCUT2D eigenvalue weighted by molar-refractivity contribution is 5.74. The van der Waals surface area contributed by atoms with Crippen molar-refractivity contribution in [2.24, 2.45) is 0 Å². The summed E-state index contributed by atoms with van der Waals surface area (Å²) in [4.78, 5) is 22.5. The molecule has 0 heterocycles. The Balaban J connectivity index is 4.12. The third kappa shape index (κ3) is 7.23. The van der Waals surface area contributed by atoms with Crippen LogP contribution < -0.4 is 5.32 Å². The molecule has 0 aliphatic carbocycles. The van der Waals surface area contributed by atoms with Crippen molar-refractivity contribution in [1.29, 1.82) is 0 Å². The van der Waals surface area contributed by atoms with E-state index < -0.39 is 5.60 Å². The first-order valence-corrected chi connectivity index (χ1v) is 5.24. The first kappa shape index (κ1) is 14.9. The molecule has 0 fully saturated rings. The molecule has 0 aliphatic heterocycles. The molecule has 0 aromatic rings. The van der Waals surface area contributed by atoms with Gasteiger partial charge in [0.05, 0.1) is 20.0 Å². The van der Waals surface area contributed by atoms with Crippen molar-refractivity contribution in [1.82, 2.24) is 5.32 Å². The highest BCUT2D eigenvalue weighted by Crippen LogP contribution is 2.10. The van der Waals surface area contributed by atoms with E-state index in [9.17, 15) is 9.59 Å². The van der Waals surface area contributed by atoms with Gasteiger partial charge in [-0.15, -0.1) is 0 Å². The third-order valence-corrected chi connectivity index (χ3v) is 1.88. The first-order valence-electron chi connectivity index (χ1n) is 5.24. The minimum absolute atomic E-state index is 0.156. The number of carbonyl (C=O) groups excluding carboxylic acids is 2. The predicted octanol–water partition coefficient (Wildman–Crippen LogP) is 0.869. The second-order valence-electron chi connectivity index (χ2n) is 4.56. The minimum atomic E-state index is -0.499. The van der Waals surface area contributed by atoms with Crippen molar-refractivity contribution in [3.63, 3.8) is 0 Å². The van der Waals surface area contributed by atoms with Crippen molar-refractivity contribution < 1.29 is 19.1 Å². The second-order valence-corrected chi connectivity index (χ2v) is 4.56. The van der Waals surface area contributed by atoms with Gasteiger partial charge in [-0.2, -0.15) is 0 Å². The molecule has 94 valence electrons. The molecule has 0 saturated carbocycles. The van der Waals surface area contributed by atoms with E-state index >= 15 is 0 Å². The van der Waals surface area contributed by atoms with Crippen molar-refractivity contribution in [3.8, 4) is 0 Å². The van der Waals surface area contributed by atoms with Gasteiger partial charge >= 0.3 is 11.9 Å². The summed E-state index contributed by atoms with van der Waals surface area (Å²) >= 11 is 0. The van der Waals surface area contributed by atoms with Gasteiger partial charge in [0.25, 0.3) is 0 Å². The van der Waals surface area contributed by atoms with E-state index in [1.807, 2.05) is 0 Å². The van der Waals surface area contributed by atoms with Gasteiger partial charge in [0.1, 0.15) is 5.60 Å². The molecule has 0 aliphatic rings. The monoisotopic (exact) mass is 231 g/mol. The van der Waals surface area contributed by atoms with Crippen LogP contribution >= 0.6 is 0 Å². The Hall–Kier alpha value is -1.10. The number of carbonyl (C=O) groups is 2. The third-order valence-electron chi connectivity index (χ3n) is 1.88. The largest absolute Gasteiger partial charge is 0.469 e. The lowest BCUT2D eigenvalue weighted by atomic mass is 10.1. The van der Waals surface area contributed by atoms with Gasteiger partial charge < -0.3 is 14.8 Å². The molecule has 0 saturated heterocycles. The fourth-order valence-corrected chi connectivity index (χ4v) is 1.15. The quantitative estimate of drug-likeness (QED) is 0.711. The zero-order valence-electron chi connectivity index (χ0n) is 10.6. The fraction of sp³-hybridized carbons (Fsp3) is 0.818. The molecule has 1 atom stereocenters. The molecule has 0 aromatic carbocycles. The molecule has 5 heteroatoms. The standard InChI is InChI=1S/C11H21NO4/c1-11(2,3)16-10(14)7-8(12-4)6-9(13)15-5/h8,12H,6-7H2,1-5H3. The minimum Gasteiger partial charge on any atom is -0.469 e. The van der Waals surface area contributed by atoms with E-state index in [1.54, 1.807) is 27.8 Å². The molecular weight excluding hydrogens is 210 g/mol. The van der Waals surface area contributed by atoms with Crippen LogP contribution in [0, 0.1) is 0 Å². The maximum absolute atomic E-state index is 11.5. The lowest BCUT2D eigenvalue weighted by Gasteiger charge is -2.21. The summed E-state index contributed by atoms with van der Waals surface area (Å²) in [6.45, 7) is 5.42. The van der Waals surface area contributed by atoms with Gasteiger partial charge in [0.15, 0.2) is 0 Å². The van der Waals surface area contributed by atoms with Crippen LogP contribution in [0.5, 0.6) is 0 Å². The average molecular weight is 231 g/mol. The van der Waals surface area contributed by atoms with Crippen LogP contribution in [-0.2, 0) is 19.1 Å². The summed E-state index contributed by atoms with van der Waals surface area (Å²) in [6, 6.07) is -0.248. The van der Waals surface area contributed by atoms with Crippen molar-refractivity contribution in [3.05, 3.63) is 0 Å². The van der Waals surface area contributed by atoms with Gasteiger partial charge in [-0.05, 0) is 27.8 Å². The van der Waals surface area contributed by atoms with E-state index in [1.165, 1.54) is 7.11 Å². The lowest BCUT2D eigenvalue weighted by molar-refractivity contribution is -0.155. The Bertz CT molecular complexity index is 245. The van der Waals surface area contributed by atoms with Gasteiger partial charge in [-0.3, -0.25) is 9.59 Å². The van der Waals surface area contributed by atoms with Crippen LogP contribution in [0.4, 0.5) is 0 Å². The Morgan fingerprint density at radius 3 is 2.06 bits per heavy atom. The van der Waals surface area contributed by atoms with Gasteiger partial charge in [0, 0.05) is 6.04 Å². The second kappa shape index (κ2) is 6.48. The number of esters is 2. The summed E-state index contributed by atoms with van der Waals surface area (Å²) in [5.74, 6) is -0.668. The average Bonchev–Trinajstić information content (AvgIpc) is 2.13. The van der Waals surface area contributed by atoms with Crippen LogP contribution in [0.15, 0.2) is 0 Å². The summed E-state index contributed by atoms with van der Waals surface area (Å²) in [7, 11) is 3.01. The number of nitrogens with one attached hydrogen (secondary N) is 1. The molecule has 0 rings (SSSR count). The predicted molar refractivity (Wildman–Crippen MR) is 59.9 cm³/mol. The van der Waals surface area contributed by atoms with Gasteiger partial charge in [-0.25, -0.2) is 0 Å². The molecule has 0 radical (unpaired) electrons. The van der Waals surface area contributed by atoms with Crippen LogP contribution in [0.1, 0.15) is 33.6 Å². The number of rotatable bonds is 5. The Morgan fingerprint density at radius 1 is 1.19 bits per heavy atom. The van der Waals surface area contributed by atoms with E-state index in [2.05, 4.69) is 10.1 Å². The summed E-state index contributed by atoms with van der Waals surface area (Å²) < 4.78 is 9.69. The maximum atomic E-state index is 11.5. The van der Waals surface area contributed by atoms with Crippen LogP contribution in [0.3, 0.4) is 0 Å². The summed E-state index contributed by atoms with van der Waals surface area (Å²) in [5.41, 5.74) is -0.499. The van der Waals surface area contributed by atoms with Crippen molar-refractivity contribution in [2.45, 2.75) is 45.3 Å². The number of methoxy groups -OCH3 is 1. The number of ether oxygens (including phenoxy) is 2. The number of hydrogen-bond acceptors (Lipinski definition) is 5. The molecule has 0 amide bonds. The topological polar surface area (TPSA) is 64.6 Å². The molecule has 1 unspecified atom stereocenters. The van der Waals surface area contributed by atoms with E-state index in [0.717, 1.165) is 0 Å². The SMILES string of the molecule is CNC(CC(=O)OC)CC(=O)OC(C)(C)C. The normalized spacial score (nSPS) is 13.1. The summed E-state index contributed by atoms with van der Waals surface area (Å²) in [5, 5.41) is 2.88. The Morgan fingerprint density at radius 2 is 1.69 bits per heavy atom. The fourth-order valence-electron chi connectivity index (χ4n) is 1.15.